The highest BCUT2D eigenvalue weighted by Gasteiger charge is 2.13. The highest BCUT2D eigenvalue weighted by atomic mass is 35.5. The lowest BCUT2D eigenvalue weighted by molar-refractivity contribution is -0.119. The Morgan fingerprint density at radius 2 is 2.32 bits per heavy atom. The van der Waals surface area contributed by atoms with Crippen molar-refractivity contribution in [3.8, 4) is 5.75 Å². The second-order valence-electron chi connectivity index (χ2n) is 3.98. The van der Waals surface area contributed by atoms with Gasteiger partial charge in [-0.05, 0) is 18.2 Å². The smallest absolute Gasteiger partial charge is 0.230 e. The first-order valence-corrected chi connectivity index (χ1v) is 6.41. The zero-order chi connectivity index (χ0) is 13.1. The Kier molecular flexibility index (Phi) is 5.53. The van der Waals surface area contributed by atoms with E-state index in [1.165, 1.54) is 11.3 Å². The Labute approximate surface area is 121 Å². The molecule has 2 aromatic rings. The van der Waals surface area contributed by atoms with E-state index >= 15 is 0 Å². The van der Waals surface area contributed by atoms with E-state index in [4.69, 9.17) is 10.5 Å². The first-order chi connectivity index (χ1) is 8.63. The molecule has 5 nitrogen and oxygen atoms in total. The molecule has 0 fully saturated rings. The quantitative estimate of drug-likeness (QED) is 0.908. The molecule has 3 N–H and O–H groups in total. The van der Waals surface area contributed by atoms with Crippen molar-refractivity contribution in [1.82, 2.24) is 4.98 Å². The molecule has 0 aliphatic carbocycles. The van der Waals surface area contributed by atoms with Gasteiger partial charge in [-0.3, -0.25) is 4.79 Å². The number of ether oxygens (including phenoxy) is 1. The Balaban J connectivity index is 0.00000180. The summed E-state index contributed by atoms with van der Waals surface area (Å²) in [4.78, 5) is 16.0. The molecule has 0 spiro atoms. The molecule has 1 heterocycles. The maximum absolute atomic E-state index is 11.7. The number of thiazole rings is 1. The average molecular weight is 302 g/mol. The largest absolute Gasteiger partial charge is 0.497 e. The highest BCUT2D eigenvalue weighted by Crippen LogP contribution is 2.29. The number of methoxy groups -OCH3 is 1. The third-order valence-electron chi connectivity index (χ3n) is 2.63. The normalized spacial score (nSPS) is 11.7. The van der Waals surface area contributed by atoms with Gasteiger partial charge >= 0.3 is 0 Å². The number of rotatable bonds is 4. The summed E-state index contributed by atoms with van der Waals surface area (Å²) < 4.78 is 6.12. The number of nitrogens with one attached hydrogen (secondary N) is 1. The molecule has 1 unspecified atom stereocenters. The summed E-state index contributed by atoms with van der Waals surface area (Å²) in [5.74, 6) is 0.453. The van der Waals surface area contributed by atoms with Gasteiger partial charge in [-0.1, -0.05) is 18.3 Å². The van der Waals surface area contributed by atoms with Gasteiger partial charge in [-0.2, -0.15) is 0 Å². The zero-order valence-corrected chi connectivity index (χ0v) is 12.3. The average Bonchev–Trinajstić information content (AvgIpc) is 2.78. The van der Waals surface area contributed by atoms with Crippen molar-refractivity contribution < 1.29 is 9.53 Å². The molecule has 2 rings (SSSR count). The number of benzene rings is 1. The van der Waals surface area contributed by atoms with Crippen LogP contribution in [0.15, 0.2) is 18.2 Å². The maximum atomic E-state index is 11.7. The second-order valence-corrected chi connectivity index (χ2v) is 5.01. The van der Waals surface area contributed by atoms with Crippen LogP contribution in [0.25, 0.3) is 10.2 Å². The number of aromatic nitrogens is 1. The Hall–Kier alpha value is -1.37. The van der Waals surface area contributed by atoms with Gasteiger partial charge < -0.3 is 15.8 Å². The van der Waals surface area contributed by atoms with Crippen molar-refractivity contribution in [3.63, 3.8) is 0 Å². The Morgan fingerprint density at radius 1 is 1.58 bits per heavy atom. The minimum absolute atomic E-state index is 0. The summed E-state index contributed by atoms with van der Waals surface area (Å²) in [7, 11) is 1.62. The van der Waals surface area contributed by atoms with Crippen LogP contribution in [-0.4, -0.2) is 24.5 Å². The van der Waals surface area contributed by atoms with Crippen LogP contribution in [0.3, 0.4) is 0 Å². The molecule has 7 heteroatoms. The molecular weight excluding hydrogens is 286 g/mol. The first-order valence-electron chi connectivity index (χ1n) is 5.59. The van der Waals surface area contributed by atoms with Gasteiger partial charge in [0, 0.05) is 12.5 Å². The third kappa shape index (κ3) is 3.56. The standard InChI is InChI=1S/C12H15N3O2S.ClH/c1-7(6-13)11(16)15-12-14-9-4-3-8(17-2)5-10(9)18-12;/h3-5,7H,6,13H2,1-2H3,(H,14,15,16);1H. The lowest BCUT2D eigenvalue weighted by Gasteiger charge is -2.06. The molecule has 0 aliphatic rings. The predicted molar refractivity (Wildman–Crippen MR) is 80.3 cm³/mol. The number of hydrogen-bond acceptors (Lipinski definition) is 5. The minimum Gasteiger partial charge on any atom is -0.497 e. The fourth-order valence-corrected chi connectivity index (χ4v) is 2.32. The van der Waals surface area contributed by atoms with Crippen molar-refractivity contribution in [2.24, 2.45) is 11.7 Å². The zero-order valence-electron chi connectivity index (χ0n) is 10.7. The molecule has 1 aromatic carbocycles. The number of halogens is 1. The molecule has 0 saturated heterocycles. The molecule has 0 aliphatic heterocycles. The van der Waals surface area contributed by atoms with Crippen molar-refractivity contribution >= 4 is 45.0 Å². The van der Waals surface area contributed by atoms with E-state index < -0.39 is 0 Å². The lowest BCUT2D eigenvalue weighted by Crippen LogP contribution is -2.26. The van der Waals surface area contributed by atoms with E-state index in [0.717, 1.165) is 16.0 Å². The van der Waals surface area contributed by atoms with Gasteiger partial charge in [0.2, 0.25) is 5.91 Å². The summed E-state index contributed by atoms with van der Waals surface area (Å²) in [5, 5.41) is 3.35. The van der Waals surface area contributed by atoms with E-state index in [-0.39, 0.29) is 24.2 Å². The summed E-state index contributed by atoms with van der Waals surface area (Å²) >= 11 is 1.42. The number of carbonyl (C=O) groups is 1. The van der Waals surface area contributed by atoms with Crippen LogP contribution in [0, 0.1) is 5.92 Å². The molecule has 104 valence electrons. The topological polar surface area (TPSA) is 77.2 Å². The number of hydrogen-bond donors (Lipinski definition) is 2. The molecule has 1 atom stereocenters. The van der Waals surface area contributed by atoms with Gasteiger partial charge in [-0.15, -0.1) is 12.4 Å². The van der Waals surface area contributed by atoms with E-state index in [1.807, 2.05) is 18.2 Å². The van der Waals surface area contributed by atoms with Gasteiger partial charge in [0.05, 0.1) is 17.3 Å². The molecule has 0 saturated carbocycles. The highest BCUT2D eigenvalue weighted by molar-refractivity contribution is 7.22. The van der Waals surface area contributed by atoms with Crippen LogP contribution in [0.5, 0.6) is 5.75 Å². The monoisotopic (exact) mass is 301 g/mol. The second kappa shape index (κ2) is 6.70. The SMILES string of the molecule is COc1ccc2nc(NC(=O)C(C)CN)sc2c1.Cl. The molecule has 0 bridgehead atoms. The van der Waals surface area contributed by atoms with E-state index in [2.05, 4.69) is 10.3 Å². The van der Waals surface area contributed by atoms with Crippen LogP contribution >= 0.6 is 23.7 Å². The maximum Gasteiger partial charge on any atom is 0.230 e. The molecule has 1 amide bonds. The third-order valence-corrected chi connectivity index (χ3v) is 3.56. The number of amides is 1. The number of carbonyl (C=O) groups excluding carboxylic acids is 1. The molecular formula is C12H16ClN3O2S. The van der Waals surface area contributed by atoms with Crippen molar-refractivity contribution in [2.45, 2.75) is 6.92 Å². The van der Waals surface area contributed by atoms with Crippen LogP contribution in [0.4, 0.5) is 5.13 Å². The summed E-state index contributed by atoms with van der Waals surface area (Å²) in [6, 6.07) is 5.61. The Morgan fingerprint density at radius 3 is 2.95 bits per heavy atom. The van der Waals surface area contributed by atoms with Gasteiger partial charge in [0.1, 0.15) is 5.75 Å². The number of fused-ring (bicyclic) bond motifs is 1. The summed E-state index contributed by atoms with van der Waals surface area (Å²) in [6.45, 7) is 2.11. The molecule has 1 aromatic heterocycles. The van der Waals surface area contributed by atoms with Crippen LogP contribution < -0.4 is 15.8 Å². The van der Waals surface area contributed by atoms with Crippen LogP contribution in [0.1, 0.15) is 6.92 Å². The van der Waals surface area contributed by atoms with Crippen LogP contribution in [-0.2, 0) is 4.79 Å². The fraction of sp³-hybridized carbons (Fsp3) is 0.333. The van der Waals surface area contributed by atoms with Crippen molar-refractivity contribution in [1.29, 1.82) is 0 Å². The van der Waals surface area contributed by atoms with Crippen molar-refractivity contribution in [2.75, 3.05) is 19.0 Å². The molecule has 19 heavy (non-hydrogen) atoms. The summed E-state index contributed by atoms with van der Waals surface area (Å²) in [6.07, 6.45) is 0. The number of nitrogens with two attached hydrogens (primary N) is 1. The fourth-order valence-electron chi connectivity index (χ4n) is 1.42. The van der Waals surface area contributed by atoms with Gasteiger partial charge in [0.15, 0.2) is 5.13 Å². The number of nitrogens with zero attached hydrogens (tertiary/aromatic N) is 1. The first kappa shape index (κ1) is 15.7. The lowest BCUT2D eigenvalue weighted by atomic mass is 10.2. The van der Waals surface area contributed by atoms with Crippen molar-refractivity contribution in [3.05, 3.63) is 18.2 Å². The number of anilines is 1. The van der Waals surface area contributed by atoms with E-state index in [1.54, 1.807) is 14.0 Å². The van der Waals surface area contributed by atoms with E-state index in [9.17, 15) is 4.79 Å². The summed E-state index contributed by atoms with van der Waals surface area (Å²) in [5.41, 5.74) is 6.29. The Bertz CT molecular complexity index is 573. The minimum atomic E-state index is -0.216. The van der Waals surface area contributed by atoms with E-state index in [0.29, 0.717) is 11.7 Å². The van der Waals surface area contributed by atoms with Gasteiger partial charge in [0.25, 0.3) is 0 Å². The van der Waals surface area contributed by atoms with Gasteiger partial charge in [-0.25, -0.2) is 4.98 Å². The van der Waals surface area contributed by atoms with Crippen LogP contribution in [0.2, 0.25) is 0 Å². The predicted octanol–water partition coefficient (Wildman–Crippen LogP) is 2.26. The molecule has 0 radical (unpaired) electrons.